The number of hydrogen-bond donors (Lipinski definition) is 1. The molecule has 0 unspecified atom stereocenters. The molecule has 2 N–H and O–H groups in total. The first kappa shape index (κ1) is 14.1. The second kappa shape index (κ2) is 5.75. The van der Waals surface area contributed by atoms with E-state index in [0.29, 0.717) is 6.54 Å². The third-order valence-electron chi connectivity index (χ3n) is 3.20. The summed E-state index contributed by atoms with van der Waals surface area (Å²) in [5.41, 5.74) is 9.96. The van der Waals surface area contributed by atoms with Crippen molar-refractivity contribution >= 4 is 15.9 Å². The molecule has 1 aromatic carbocycles. The van der Waals surface area contributed by atoms with E-state index >= 15 is 0 Å². The molecule has 4 nitrogen and oxygen atoms in total. The number of aryl methyl sites for hydroxylation is 1. The quantitative estimate of drug-likeness (QED) is 0.941. The number of methoxy groups -OCH3 is 1. The molecule has 0 radical (unpaired) electrons. The molecule has 0 saturated carbocycles. The summed E-state index contributed by atoms with van der Waals surface area (Å²) in [5.74, 6) is 0.834. The number of halogens is 1. The van der Waals surface area contributed by atoms with E-state index in [4.69, 9.17) is 10.5 Å². The Morgan fingerprint density at radius 3 is 2.63 bits per heavy atom. The maximum Gasteiger partial charge on any atom is 0.123 e. The highest BCUT2D eigenvalue weighted by Gasteiger charge is 2.10. The van der Waals surface area contributed by atoms with Crippen LogP contribution in [0.4, 0.5) is 0 Å². The van der Waals surface area contributed by atoms with E-state index < -0.39 is 0 Å². The summed E-state index contributed by atoms with van der Waals surface area (Å²) in [6.45, 7) is 5.25. The van der Waals surface area contributed by atoms with Crippen molar-refractivity contribution in [3.8, 4) is 5.75 Å². The number of aromatic nitrogens is 2. The summed E-state index contributed by atoms with van der Waals surface area (Å²) in [7, 11) is 1.66. The molecule has 0 spiro atoms. The molecule has 0 atom stereocenters. The topological polar surface area (TPSA) is 53.1 Å². The maximum atomic E-state index is 5.67. The van der Waals surface area contributed by atoms with E-state index in [-0.39, 0.29) is 0 Å². The SMILES string of the molecule is COc1cc(Cn2nc(C)c(Br)c2C)ccc1CN. The fourth-order valence-electron chi connectivity index (χ4n) is 2.06. The van der Waals surface area contributed by atoms with Gasteiger partial charge in [0.25, 0.3) is 0 Å². The molecule has 0 aliphatic heterocycles. The van der Waals surface area contributed by atoms with Crippen LogP contribution in [0.1, 0.15) is 22.5 Å². The first-order chi connectivity index (χ1) is 9.06. The average molecular weight is 324 g/mol. The Kier molecular flexibility index (Phi) is 4.27. The summed E-state index contributed by atoms with van der Waals surface area (Å²) in [5, 5.41) is 4.51. The smallest absolute Gasteiger partial charge is 0.123 e. The first-order valence-corrected chi connectivity index (χ1v) is 6.91. The van der Waals surface area contributed by atoms with Gasteiger partial charge < -0.3 is 10.5 Å². The normalized spacial score (nSPS) is 10.8. The van der Waals surface area contributed by atoms with Crippen LogP contribution in [0.2, 0.25) is 0 Å². The van der Waals surface area contributed by atoms with Gasteiger partial charge in [-0.2, -0.15) is 5.10 Å². The van der Waals surface area contributed by atoms with Crippen molar-refractivity contribution in [3.63, 3.8) is 0 Å². The van der Waals surface area contributed by atoms with Crippen LogP contribution in [-0.4, -0.2) is 16.9 Å². The summed E-state index contributed by atoms with van der Waals surface area (Å²) >= 11 is 3.54. The van der Waals surface area contributed by atoms with Crippen molar-refractivity contribution in [2.75, 3.05) is 7.11 Å². The summed E-state index contributed by atoms with van der Waals surface area (Å²) in [4.78, 5) is 0. The van der Waals surface area contributed by atoms with Crippen LogP contribution < -0.4 is 10.5 Å². The van der Waals surface area contributed by atoms with Gasteiger partial charge in [0.05, 0.1) is 29.5 Å². The van der Waals surface area contributed by atoms with Crippen molar-refractivity contribution in [1.29, 1.82) is 0 Å². The highest BCUT2D eigenvalue weighted by atomic mass is 79.9. The second-order valence-electron chi connectivity index (χ2n) is 4.49. The molecule has 102 valence electrons. The number of nitrogens with two attached hydrogens (primary N) is 1. The minimum absolute atomic E-state index is 0.481. The monoisotopic (exact) mass is 323 g/mol. The van der Waals surface area contributed by atoms with Gasteiger partial charge in [-0.1, -0.05) is 12.1 Å². The van der Waals surface area contributed by atoms with Gasteiger partial charge in [0.15, 0.2) is 0 Å². The minimum Gasteiger partial charge on any atom is -0.496 e. The van der Waals surface area contributed by atoms with E-state index in [2.05, 4.69) is 34.0 Å². The second-order valence-corrected chi connectivity index (χ2v) is 5.29. The minimum atomic E-state index is 0.481. The predicted molar refractivity (Wildman–Crippen MR) is 79.4 cm³/mol. The lowest BCUT2D eigenvalue weighted by Gasteiger charge is -2.10. The molecule has 0 aliphatic carbocycles. The van der Waals surface area contributed by atoms with E-state index in [1.54, 1.807) is 7.11 Å². The van der Waals surface area contributed by atoms with Crippen LogP contribution in [0.3, 0.4) is 0 Å². The molecule has 0 aliphatic rings. The Bertz CT molecular complexity index is 593. The van der Waals surface area contributed by atoms with Gasteiger partial charge in [-0.15, -0.1) is 0 Å². The molecule has 5 heteroatoms. The van der Waals surface area contributed by atoms with Crippen LogP contribution >= 0.6 is 15.9 Å². The highest BCUT2D eigenvalue weighted by molar-refractivity contribution is 9.10. The molecule has 19 heavy (non-hydrogen) atoms. The van der Waals surface area contributed by atoms with E-state index in [1.165, 1.54) is 0 Å². The van der Waals surface area contributed by atoms with Crippen molar-refractivity contribution in [2.24, 2.45) is 5.73 Å². The molecular formula is C14H18BrN3O. The lowest BCUT2D eigenvalue weighted by atomic mass is 10.1. The zero-order chi connectivity index (χ0) is 14.0. The van der Waals surface area contributed by atoms with Crippen LogP contribution in [0.5, 0.6) is 5.75 Å². The number of rotatable bonds is 4. The van der Waals surface area contributed by atoms with E-state index in [0.717, 1.165) is 39.3 Å². The molecular weight excluding hydrogens is 306 g/mol. The zero-order valence-corrected chi connectivity index (χ0v) is 13.0. The lowest BCUT2D eigenvalue weighted by Crippen LogP contribution is -2.06. The molecule has 0 amide bonds. The summed E-state index contributed by atoms with van der Waals surface area (Å²) < 4.78 is 8.40. The Labute approximate surface area is 121 Å². The Morgan fingerprint density at radius 1 is 1.37 bits per heavy atom. The van der Waals surface area contributed by atoms with Crippen molar-refractivity contribution < 1.29 is 4.74 Å². The van der Waals surface area contributed by atoms with Gasteiger partial charge in [-0.3, -0.25) is 4.68 Å². The molecule has 1 aromatic heterocycles. The number of nitrogens with zero attached hydrogens (tertiary/aromatic N) is 2. The highest BCUT2D eigenvalue weighted by Crippen LogP contribution is 2.23. The van der Waals surface area contributed by atoms with Gasteiger partial charge in [0, 0.05) is 12.1 Å². The van der Waals surface area contributed by atoms with Crippen molar-refractivity contribution in [2.45, 2.75) is 26.9 Å². The summed E-state index contributed by atoms with van der Waals surface area (Å²) in [6.07, 6.45) is 0. The molecule has 2 aromatic rings. The largest absolute Gasteiger partial charge is 0.496 e. The Hall–Kier alpha value is -1.33. The maximum absolute atomic E-state index is 5.67. The van der Waals surface area contributed by atoms with Crippen LogP contribution in [-0.2, 0) is 13.1 Å². The summed E-state index contributed by atoms with van der Waals surface area (Å²) in [6, 6.07) is 6.09. The number of hydrogen-bond acceptors (Lipinski definition) is 3. The van der Waals surface area contributed by atoms with Crippen LogP contribution in [0.15, 0.2) is 22.7 Å². The average Bonchev–Trinajstić information content (AvgIpc) is 2.66. The van der Waals surface area contributed by atoms with Gasteiger partial charge >= 0.3 is 0 Å². The molecule has 0 saturated heterocycles. The van der Waals surface area contributed by atoms with Crippen molar-refractivity contribution in [3.05, 3.63) is 45.2 Å². The van der Waals surface area contributed by atoms with E-state index in [9.17, 15) is 0 Å². The van der Waals surface area contributed by atoms with Gasteiger partial charge in [-0.25, -0.2) is 0 Å². The molecule has 0 bridgehead atoms. The van der Waals surface area contributed by atoms with Gasteiger partial charge in [0.1, 0.15) is 5.75 Å². The van der Waals surface area contributed by atoms with Gasteiger partial charge in [-0.05, 0) is 41.4 Å². The molecule has 1 heterocycles. The molecule has 2 rings (SSSR count). The molecule has 0 fully saturated rings. The predicted octanol–water partition coefficient (Wildman–Crippen LogP) is 2.78. The lowest BCUT2D eigenvalue weighted by molar-refractivity contribution is 0.409. The standard InChI is InChI=1S/C14H18BrN3O/c1-9-14(15)10(2)18(17-9)8-11-4-5-12(7-16)13(6-11)19-3/h4-6H,7-8,16H2,1-3H3. The van der Waals surface area contributed by atoms with Crippen LogP contribution in [0.25, 0.3) is 0 Å². The fourth-order valence-corrected chi connectivity index (χ4v) is 2.34. The third-order valence-corrected chi connectivity index (χ3v) is 4.34. The fraction of sp³-hybridized carbons (Fsp3) is 0.357. The first-order valence-electron chi connectivity index (χ1n) is 6.12. The third kappa shape index (κ3) is 2.82. The number of ether oxygens (including phenoxy) is 1. The van der Waals surface area contributed by atoms with Gasteiger partial charge in [0.2, 0.25) is 0 Å². The van der Waals surface area contributed by atoms with E-state index in [1.807, 2.05) is 23.7 Å². The van der Waals surface area contributed by atoms with Crippen molar-refractivity contribution in [1.82, 2.24) is 9.78 Å². The Balaban J connectivity index is 2.30. The Morgan fingerprint density at radius 2 is 2.11 bits per heavy atom. The van der Waals surface area contributed by atoms with Crippen LogP contribution in [0, 0.1) is 13.8 Å². The zero-order valence-electron chi connectivity index (χ0n) is 11.4. The number of benzene rings is 1.